The zero-order valence-corrected chi connectivity index (χ0v) is 12.4. The van der Waals surface area contributed by atoms with Crippen LogP contribution in [0.25, 0.3) is 0 Å². The van der Waals surface area contributed by atoms with Crippen LogP contribution < -0.4 is 0 Å². The van der Waals surface area contributed by atoms with Gasteiger partial charge in [-0.1, -0.05) is 30.7 Å². The van der Waals surface area contributed by atoms with Crippen molar-refractivity contribution in [1.29, 1.82) is 0 Å². The molecule has 0 radical (unpaired) electrons. The minimum absolute atomic E-state index is 0.0718. The maximum Gasteiger partial charge on any atom is 0.179 e. The highest BCUT2D eigenvalue weighted by molar-refractivity contribution is 6.31. The summed E-state index contributed by atoms with van der Waals surface area (Å²) in [7, 11) is 0. The number of hydrogen-bond donors (Lipinski definition) is 0. The van der Waals surface area contributed by atoms with Crippen molar-refractivity contribution in [2.75, 3.05) is 32.7 Å². The molecule has 1 fully saturated rings. The lowest BCUT2D eigenvalue weighted by Crippen LogP contribution is -2.51. The highest BCUT2D eigenvalue weighted by Crippen LogP contribution is 2.15. The summed E-state index contributed by atoms with van der Waals surface area (Å²) in [5.74, 6) is 0.160. The molecule has 1 aliphatic rings. The Bertz CT molecular complexity index is 442. The number of piperazine rings is 1. The molecule has 1 saturated heterocycles. The van der Waals surface area contributed by atoms with Crippen LogP contribution in [0.1, 0.15) is 24.2 Å². The van der Waals surface area contributed by atoms with Crippen LogP contribution in [-0.4, -0.2) is 54.3 Å². The van der Waals surface area contributed by atoms with Crippen molar-refractivity contribution in [1.82, 2.24) is 9.80 Å². The smallest absolute Gasteiger partial charge is 0.179 e. The molecule has 1 atom stereocenters. The monoisotopic (exact) mass is 280 g/mol. The Hall–Kier alpha value is -0.900. The number of hydrogen-bond acceptors (Lipinski definition) is 3. The lowest BCUT2D eigenvalue weighted by atomic mass is 10.0. The van der Waals surface area contributed by atoms with Crippen molar-refractivity contribution in [3.05, 3.63) is 34.9 Å². The SMILES string of the molecule is CCN1CCN(C(C)C(=O)c2cccc(Cl)c2)CC1. The van der Waals surface area contributed by atoms with Gasteiger partial charge < -0.3 is 4.90 Å². The summed E-state index contributed by atoms with van der Waals surface area (Å²) in [4.78, 5) is 17.1. The highest BCUT2D eigenvalue weighted by atomic mass is 35.5. The van der Waals surface area contributed by atoms with Gasteiger partial charge >= 0.3 is 0 Å². The van der Waals surface area contributed by atoms with Crippen molar-refractivity contribution < 1.29 is 4.79 Å². The molecule has 1 unspecified atom stereocenters. The van der Waals surface area contributed by atoms with Crippen LogP contribution in [0.2, 0.25) is 5.02 Å². The Balaban J connectivity index is 2.00. The van der Waals surface area contributed by atoms with Crippen molar-refractivity contribution >= 4 is 17.4 Å². The van der Waals surface area contributed by atoms with Crippen molar-refractivity contribution in [2.24, 2.45) is 0 Å². The number of benzene rings is 1. The van der Waals surface area contributed by atoms with Gasteiger partial charge in [-0.3, -0.25) is 9.69 Å². The molecule has 1 aliphatic heterocycles. The second-order valence-corrected chi connectivity index (χ2v) is 5.46. The Morgan fingerprint density at radius 3 is 2.58 bits per heavy atom. The van der Waals surface area contributed by atoms with Crippen LogP contribution in [0, 0.1) is 0 Å². The summed E-state index contributed by atoms with van der Waals surface area (Å²) in [6, 6.07) is 7.15. The molecule has 3 nitrogen and oxygen atoms in total. The molecule has 19 heavy (non-hydrogen) atoms. The average molecular weight is 281 g/mol. The molecule has 4 heteroatoms. The molecule has 0 spiro atoms. The summed E-state index contributed by atoms with van der Waals surface area (Å²) in [5.41, 5.74) is 0.706. The average Bonchev–Trinajstić information content (AvgIpc) is 2.46. The number of carbonyl (C=O) groups is 1. The van der Waals surface area contributed by atoms with Crippen LogP contribution in [0.5, 0.6) is 0 Å². The first-order valence-corrected chi connectivity index (χ1v) is 7.25. The van der Waals surface area contributed by atoms with E-state index < -0.39 is 0 Å². The van der Waals surface area contributed by atoms with E-state index in [1.54, 1.807) is 12.1 Å². The largest absolute Gasteiger partial charge is 0.301 e. The first kappa shape index (κ1) is 14.5. The van der Waals surface area contributed by atoms with Crippen LogP contribution in [0.15, 0.2) is 24.3 Å². The van der Waals surface area contributed by atoms with Gasteiger partial charge in [0.15, 0.2) is 5.78 Å². The molecule has 104 valence electrons. The molecule has 1 aromatic rings. The van der Waals surface area contributed by atoms with Crippen LogP contribution in [-0.2, 0) is 0 Å². The minimum Gasteiger partial charge on any atom is -0.301 e. The Morgan fingerprint density at radius 1 is 1.32 bits per heavy atom. The van der Waals surface area contributed by atoms with Crippen LogP contribution in [0.3, 0.4) is 0 Å². The van der Waals surface area contributed by atoms with E-state index in [-0.39, 0.29) is 11.8 Å². The number of Topliss-reactive ketones (excluding diaryl/α,β-unsaturated/α-hetero) is 1. The molecular formula is C15H21ClN2O. The summed E-state index contributed by atoms with van der Waals surface area (Å²) >= 11 is 5.94. The quantitative estimate of drug-likeness (QED) is 0.792. The van der Waals surface area contributed by atoms with E-state index in [4.69, 9.17) is 11.6 Å². The van der Waals surface area contributed by atoms with E-state index in [0.717, 1.165) is 32.7 Å². The van der Waals surface area contributed by atoms with Crippen molar-refractivity contribution in [3.8, 4) is 0 Å². The predicted molar refractivity (Wildman–Crippen MR) is 78.9 cm³/mol. The number of rotatable bonds is 4. The van der Waals surface area contributed by atoms with Gasteiger partial charge in [0.25, 0.3) is 0 Å². The molecule has 0 saturated carbocycles. The third kappa shape index (κ3) is 3.56. The molecule has 0 aromatic heterocycles. The van der Waals surface area contributed by atoms with E-state index in [0.29, 0.717) is 10.6 Å². The van der Waals surface area contributed by atoms with Crippen LogP contribution >= 0.6 is 11.6 Å². The Morgan fingerprint density at radius 2 is 2.00 bits per heavy atom. The zero-order chi connectivity index (χ0) is 13.8. The van der Waals surface area contributed by atoms with Gasteiger partial charge in [-0.05, 0) is 25.6 Å². The number of ketones is 1. The number of carbonyl (C=O) groups excluding carboxylic acids is 1. The van der Waals surface area contributed by atoms with Gasteiger partial charge in [-0.2, -0.15) is 0 Å². The number of halogens is 1. The fraction of sp³-hybridized carbons (Fsp3) is 0.533. The van der Waals surface area contributed by atoms with Gasteiger partial charge in [0.1, 0.15) is 0 Å². The molecule has 2 rings (SSSR count). The molecular weight excluding hydrogens is 260 g/mol. The molecule has 1 aromatic carbocycles. The van der Waals surface area contributed by atoms with E-state index >= 15 is 0 Å². The fourth-order valence-electron chi connectivity index (χ4n) is 2.52. The summed E-state index contributed by atoms with van der Waals surface area (Å²) < 4.78 is 0. The maximum absolute atomic E-state index is 12.4. The van der Waals surface area contributed by atoms with E-state index in [1.807, 2.05) is 19.1 Å². The topological polar surface area (TPSA) is 23.6 Å². The van der Waals surface area contributed by atoms with Gasteiger partial charge in [0, 0.05) is 36.8 Å². The third-order valence-electron chi connectivity index (χ3n) is 3.89. The third-order valence-corrected chi connectivity index (χ3v) is 4.13. The minimum atomic E-state index is -0.0718. The lowest BCUT2D eigenvalue weighted by Gasteiger charge is -2.37. The predicted octanol–water partition coefficient (Wildman–Crippen LogP) is 2.55. The van der Waals surface area contributed by atoms with Crippen molar-refractivity contribution in [3.63, 3.8) is 0 Å². The molecule has 0 amide bonds. The normalized spacial score (nSPS) is 19.3. The zero-order valence-electron chi connectivity index (χ0n) is 11.6. The molecule has 0 bridgehead atoms. The second-order valence-electron chi connectivity index (χ2n) is 5.02. The van der Waals surface area contributed by atoms with Gasteiger partial charge in [-0.15, -0.1) is 0 Å². The summed E-state index contributed by atoms with van der Waals surface area (Å²) in [6.07, 6.45) is 0. The fourth-order valence-corrected chi connectivity index (χ4v) is 2.71. The number of likely N-dealkylation sites (N-methyl/N-ethyl adjacent to an activating group) is 1. The summed E-state index contributed by atoms with van der Waals surface area (Å²) in [5, 5.41) is 0.619. The highest BCUT2D eigenvalue weighted by Gasteiger charge is 2.25. The molecule has 0 aliphatic carbocycles. The van der Waals surface area contributed by atoms with Gasteiger partial charge in [0.2, 0.25) is 0 Å². The van der Waals surface area contributed by atoms with Crippen LogP contribution in [0.4, 0.5) is 0 Å². The van der Waals surface area contributed by atoms with Gasteiger partial charge in [-0.25, -0.2) is 0 Å². The lowest BCUT2D eigenvalue weighted by molar-refractivity contribution is 0.0710. The first-order valence-electron chi connectivity index (χ1n) is 6.88. The molecule has 1 heterocycles. The van der Waals surface area contributed by atoms with E-state index in [2.05, 4.69) is 16.7 Å². The first-order chi connectivity index (χ1) is 9.11. The Kier molecular flexibility index (Phi) is 4.97. The summed E-state index contributed by atoms with van der Waals surface area (Å²) in [6.45, 7) is 9.27. The standard InChI is InChI=1S/C15H21ClN2O/c1-3-17-7-9-18(10-8-17)12(2)15(19)13-5-4-6-14(16)11-13/h4-6,11-12H,3,7-10H2,1-2H3. The Labute approximate surface area is 120 Å². The van der Waals surface area contributed by atoms with E-state index in [1.165, 1.54) is 0 Å². The maximum atomic E-state index is 12.4. The van der Waals surface area contributed by atoms with E-state index in [9.17, 15) is 4.79 Å². The number of nitrogens with zero attached hydrogens (tertiary/aromatic N) is 2. The van der Waals surface area contributed by atoms with Gasteiger partial charge in [0.05, 0.1) is 6.04 Å². The second kappa shape index (κ2) is 6.51. The van der Waals surface area contributed by atoms with Crippen molar-refractivity contribution in [2.45, 2.75) is 19.9 Å². The molecule has 0 N–H and O–H groups in total.